The van der Waals surface area contributed by atoms with Crippen molar-refractivity contribution in [1.29, 1.82) is 0 Å². The Hall–Kier alpha value is -2.16. The van der Waals surface area contributed by atoms with Crippen LogP contribution in [0.1, 0.15) is 11.1 Å². The largest absolute Gasteiger partial charge is 0.508 e. The molecule has 80 valence electrons. The van der Waals surface area contributed by atoms with Crippen molar-refractivity contribution in [2.45, 2.75) is 6.42 Å². The van der Waals surface area contributed by atoms with Crippen molar-refractivity contribution in [1.82, 2.24) is 0 Å². The zero-order valence-electron chi connectivity index (χ0n) is 8.63. The predicted octanol–water partition coefficient (Wildman–Crippen LogP) is 3.38. The van der Waals surface area contributed by atoms with Crippen LogP contribution in [0.15, 0.2) is 53.7 Å². The lowest BCUT2D eigenvalue weighted by Crippen LogP contribution is -1.88. The highest BCUT2D eigenvalue weighted by Crippen LogP contribution is 2.25. The molecule has 0 saturated heterocycles. The van der Waals surface area contributed by atoms with Crippen LogP contribution in [-0.4, -0.2) is 5.11 Å². The van der Waals surface area contributed by atoms with E-state index in [9.17, 15) is 10.0 Å². The second-order valence-electron chi connectivity index (χ2n) is 3.57. The van der Waals surface area contributed by atoms with Crippen molar-refractivity contribution in [3.05, 3.63) is 64.6 Å². The maximum absolute atomic E-state index is 10.6. The van der Waals surface area contributed by atoms with Crippen LogP contribution in [0.5, 0.6) is 5.75 Å². The Morgan fingerprint density at radius 2 is 1.81 bits per heavy atom. The molecule has 0 saturated carbocycles. The van der Waals surface area contributed by atoms with E-state index in [-0.39, 0.29) is 5.75 Å². The van der Waals surface area contributed by atoms with Gasteiger partial charge in [0.25, 0.3) is 0 Å². The Balaban J connectivity index is 2.33. The summed E-state index contributed by atoms with van der Waals surface area (Å²) in [4.78, 5) is 10.6. The molecule has 0 spiro atoms. The van der Waals surface area contributed by atoms with Crippen LogP contribution in [0.4, 0.5) is 5.69 Å². The van der Waals surface area contributed by atoms with Gasteiger partial charge in [-0.25, -0.2) is 0 Å². The van der Waals surface area contributed by atoms with E-state index in [1.165, 1.54) is 12.1 Å². The normalized spacial score (nSPS) is 10.0. The van der Waals surface area contributed by atoms with Gasteiger partial charge in [-0.05, 0) is 40.9 Å². The zero-order valence-corrected chi connectivity index (χ0v) is 8.63. The zero-order chi connectivity index (χ0) is 11.4. The lowest BCUT2D eigenvalue weighted by atomic mass is 10.0. The molecular weight excluding hydrogens is 202 g/mol. The fourth-order valence-corrected chi connectivity index (χ4v) is 1.62. The van der Waals surface area contributed by atoms with E-state index >= 15 is 0 Å². The van der Waals surface area contributed by atoms with Crippen LogP contribution < -0.4 is 0 Å². The van der Waals surface area contributed by atoms with Crippen molar-refractivity contribution in [3.63, 3.8) is 0 Å². The number of phenolic OH excluding ortho intramolecular Hbond substituents is 1. The monoisotopic (exact) mass is 213 g/mol. The number of rotatable bonds is 3. The summed E-state index contributed by atoms with van der Waals surface area (Å²) in [5.74, 6) is 0.151. The van der Waals surface area contributed by atoms with Crippen LogP contribution in [0.3, 0.4) is 0 Å². The number of hydrogen-bond donors (Lipinski definition) is 1. The number of hydrogen-bond acceptors (Lipinski definition) is 3. The van der Waals surface area contributed by atoms with E-state index < -0.39 is 0 Å². The standard InChI is InChI=1S/C13H11NO2/c15-12-6-7-13(14-16)11(9-12)8-10-4-2-1-3-5-10/h1-7,9,15H,8H2. The Morgan fingerprint density at radius 3 is 2.50 bits per heavy atom. The quantitative estimate of drug-likeness (QED) is 0.794. The Bertz CT molecular complexity index is 495. The van der Waals surface area contributed by atoms with Gasteiger partial charge in [-0.3, -0.25) is 0 Å². The van der Waals surface area contributed by atoms with Gasteiger partial charge >= 0.3 is 0 Å². The highest BCUT2D eigenvalue weighted by Gasteiger charge is 2.05. The third kappa shape index (κ3) is 2.25. The molecule has 0 bridgehead atoms. The Labute approximate surface area is 93.3 Å². The fourth-order valence-electron chi connectivity index (χ4n) is 1.62. The molecule has 0 unspecified atom stereocenters. The lowest BCUT2D eigenvalue weighted by molar-refractivity contribution is 0.475. The van der Waals surface area contributed by atoms with Crippen LogP contribution in [0.25, 0.3) is 0 Å². The first-order valence-electron chi connectivity index (χ1n) is 4.99. The second-order valence-corrected chi connectivity index (χ2v) is 3.57. The summed E-state index contributed by atoms with van der Waals surface area (Å²) in [5.41, 5.74) is 2.20. The maximum Gasteiger partial charge on any atom is 0.116 e. The molecule has 0 aliphatic carbocycles. The maximum atomic E-state index is 10.6. The molecule has 0 aromatic heterocycles. The molecule has 0 atom stereocenters. The molecule has 3 heteroatoms. The predicted molar refractivity (Wildman–Crippen MR) is 62.8 cm³/mol. The van der Waals surface area contributed by atoms with Crippen LogP contribution in [0.2, 0.25) is 0 Å². The molecule has 2 aromatic rings. The van der Waals surface area contributed by atoms with E-state index in [1.807, 2.05) is 30.3 Å². The molecule has 3 nitrogen and oxygen atoms in total. The number of nitrogens with zero attached hydrogens (tertiary/aromatic N) is 1. The van der Waals surface area contributed by atoms with Crippen molar-refractivity contribution < 1.29 is 5.11 Å². The molecule has 0 aliphatic rings. The van der Waals surface area contributed by atoms with Gasteiger partial charge in [0.05, 0.1) is 0 Å². The van der Waals surface area contributed by atoms with Gasteiger partial charge in [-0.1, -0.05) is 30.3 Å². The summed E-state index contributed by atoms with van der Waals surface area (Å²) in [6.07, 6.45) is 0.594. The molecule has 1 N–H and O–H groups in total. The summed E-state index contributed by atoms with van der Waals surface area (Å²) in [5, 5.41) is 12.3. The van der Waals surface area contributed by atoms with E-state index in [1.54, 1.807) is 6.07 Å². The molecule has 0 heterocycles. The van der Waals surface area contributed by atoms with Crippen molar-refractivity contribution >= 4 is 5.69 Å². The van der Waals surface area contributed by atoms with Crippen molar-refractivity contribution in [3.8, 4) is 5.75 Å². The van der Waals surface area contributed by atoms with Gasteiger partial charge in [-0.2, -0.15) is 0 Å². The minimum absolute atomic E-state index is 0.151. The minimum atomic E-state index is 0.151. The number of benzene rings is 2. The lowest BCUT2D eigenvalue weighted by Gasteiger charge is -2.04. The summed E-state index contributed by atoms with van der Waals surface area (Å²) < 4.78 is 0. The third-order valence-electron chi connectivity index (χ3n) is 2.40. The Morgan fingerprint density at radius 1 is 1.06 bits per heavy atom. The van der Waals surface area contributed by atoms with Gasteiger partial charge in [0.2, 0.25) is 0 Å². The molecule has 0 amide bonds. The first-order chi connectivity index (χ1) is 7.79. The third-order valence-corrected chi connectivity index (χ3v) is 2.40. The van der Waals surface area contributed by atoms with Crippen molar-refractivity contribution in [2.24, 2.45) is 5.18 Å². The smallest absolute Gasteiger partial charge is 0.116 e. The summed E-state index contributed by atoms with van der Waals surface area (Å²) in [7, 11) is 0. The Kier molecular flexibility index (Phi) is 2.96. The molecule has 2 aromatic carbocycles. The number of aromatic hydroxyl groups is 1. The highest BCUT2D eigenvalue weighted by molar-refractivity contribution is 5.51. The van der Waals surface area contributed by atoms with Gasteiger partial charge < -0.3 is 5.11 Å². The van der Waals surface area contributed by atoms with Crippen molar-refractivity contribution in [2.75, 3.05) is 0 Å². The molecular formula is C13H11NO2. The van der Waals surface area contributed by atoms with E-state index in [2.05, 4.69) is 5.18 Å². The fraction of sp³-hybridized carbons (Fsp3) is 0.0769. The molecule has 16 heavy (non-hydrogen) atoms. The first kappa shape index (κ1) is 10.4. The highest BCUT2D eigenvalue weighted by atomic mass is 16.3. The second kappa shape index (κ2) is 4.57. The topological polar surface area (TPSA) is 49.7 Å². The van der Waals surface area contributed by atoms with E-state index in [0.717, 1.165) is 11.1 Å². The molecule has 0 fully saturated rings. The summed E-state index contributed by atoms with van der Waals surface area (Å²) >= 11 is 0. The first-order valence-corrected chi connectivity index (χ1v) is 4.99. The van der Waals surface area contributed by atoms with E-state index in [4.69, 9.17) is 0 Å². The number of phenols is 1. The molecule has 0 aliphatic heterocycles. The average molecular weight is 213 g/mol. The summed E-state index contributed by atoms with van der Waals surface area (Å²) in [6, 6.07) is 14.3. The van der Waals surface area contributed by atoms with Gasteiger partial charge in [0.15, 0.2) is 0 Å². The van der Waals surface area contributed by atoms with Crippen LogP contribution in [-0.2, 0) is 6.42 Å². The van der Waals surface area contributed by atoms with E-state index in [0.29, 0.717) is 12.1 Å². The molecule has 0 radical (unpaired) electrons. The molecule has 2 rings (SSSR count). The van der Waals surface area contributed by atoms with Crippen LogP contribution in [0, 0.1) is 4.91 Å². The average Bonchev–Trinajstić information content (AvgIpc) is 2.31. The minimum Gasteiger partial charge on any atom is -0.508 e. The SMILES string of the molecule is O=Nc1ccc(O)cc1Cc1ccccc1. The van der Waals surface area contributed by atoms with Gasteiger partial charge in [0.1, 0.15) is 11.4 Å². The number of nitroso groups, excluding NO2 is 1. The summed E-state index contributed by atoms with van der Waals surface area (Å²) in [6.45, 7) is 0. The van der Waals surface area contributed by atoms with Crippen LogP contribution >= 0.6 is 0 Å². The van der Waals surface area contributed by atoms with Gasteiger partial charge in [0, 0.05) is 0 Å². The van der Waals surface area contributed by atoms with Gasteiger partial charge in [-0.15, -0.1) is 4.91 Å².